The maximum atomic E-state index is 8.61. The number of nitrogens with zero attached hydrogens (tertiary/aromatic N) is 3. The zero-order valence-corrected chi connectivity index (χ0v) is 15.4. The lowest BCUT2D eigenvalue weighted by atomic mass is 10.0. The van der Waals surface area contributed by atoms with Crippen LogP contribution in [-0.4, -0.2) is 6.61 Å². The van der Waals surface area contributed by atoms with Crippen LogP contribution in [0, 0.1) is 6.92 Å². The second kappa shape index (κ2) is 7.98. The number of azide groups is 1. The molecule has 1 aromatic heterocycles. The van der Waals surface area contributed by atoms with Crippen LogP contribution >= 0.6 is 0 Å². The first kappa shape index (κ1) is 17.9. The summed E-state index contributed by atoms with van der Waals surface area (Å²) in [5.41, 5.74) is 13.1. The van der Waals surface area contributed by atoms with Crippen LogP contribution in [0.15, 0.2) is 52.0 Å². The van der Waals surface area contributed by atoms with E-state index in [1.54, 1.807) is 0 Å². The second-order valence-corrected chi connectivity index (χ2v) is 6.43. The molecule has 0 N–H and O–H groups in total. The van der Waals surface area contributed by atoms with E-state index in [1.807, 2.05) is 32.0 Å². The summed E-state index contributed by atoms with van der Waals surface area (Å²) in [5.74, 6) is 1.61. The number of aryl methyl sites for hydroxylation is 3. The molecule has 1 heterocycles. The maximum Gasteiger partial charge on any atom is 0.134 e. The van der Waals surface area contributed by atoms with Crippen molar-refractivity contribution < 1.29 is 9.15 Å². The number of rotatable bonds is 7. The lowest BCUT2D eigenvalue weighted by Gasteiger charge is -2.06. The number of benzene rings is 2. The number of hydrogen-bond donors (Lipinski definition) is 0. The van der Waals surface area contributed by atoms with E-state index < -0.39 is 0 Å². The van der Waals surface area contributed by atoms with Crippen LogP contribution in [0.4, 0.5) is 0 Å². The molecule has 2 aromatic carbocycles. The van der Waals surface area contributed by atoms with Crippen LogP contribution in [0.1, 0.15) is 42.3 Å². The predicted molar refractivity (Wildman–Crippen MR) is 104 cm³/mol. The van der Waals surface area contributed by atoms with E-state index in [0.29, 0.717) is 12.4 Å². The summed E-state index contributed by atoms with van der Waals surface area (Å²) in [6.45, 7) is 6.59. The maximum absolute atomic E-state index is 8.61. The van der Waals surface area contributed by atoms with Gasteiger partial charge >= 0.3 is 0 Å². The first-order chi connectivity index (χ1) is 12.6. The molecule has 0 spiro atoms. The molecular weight excluding hydrogens is 326 g/mol. The van der Waals surface area contributed by atoms with Gasteiger partial charge in [-0.2, -0.15) is 0 Å². The Hall–Kier alpha value is -2.91. The Kier molecular flexibility index (Phi) is 5.49. The van der Waals surface area contributed by atoms with E-state index in [0.717, 1.165) is 29.6 Å². The normalized spacial score (nSPS) is 12.0. The van der Waals surface area contributed by atoms with E-state index in [9.17, 15) is 0 Å². The zero-order valence-electron chi connectivity index (χ0n) is 15.4. The molecule has 0 aliphatic carbocycles. The Morgan fingerprint density at radius 2 is 1.85 bits per heavy atom. The molecule has 5 heteroatoms. The highest BCUT2D eigenvalue weighted by Gasteiger charge is 2.12. The van der Waals surface area contributed by atoms with Gasteiger partial charge in [-0.3, -0.25) is 0 Å². The highest BCUT2D eigenvalue weighted by Crippen LogP contribution is 2.29. The molecule has 1 unspecified atom stereocenters. The van der Waals surface area contributed by atoms with Crippen LogP contribution in [-0.2, 0) is 12.8 Å². The Balaban J connectivity index is 1.76. The van der Waals surface area contributed by atoms with Crippen molar-refractivity contribution in [2.24, 2.45) is 5.11 Å². The van der Waals surface area contributed by atoms with Crippen molar-refractivity contribution >= 4 is 11.0 Å². The summed E-state index contributed by atoms with van der Waals surface area (Å²) in [5, 5.41) is 4.79. The molecular formula is C21H23N3O2. The Labute approximate surface area is 153 Å². The summed E-state index contributed by atoms with van der Waals surface area (Å²) in [4.78, 5) is 2.86. The van der Waals surface area contributed by atoms with E-state index in [4.69, 9.17) is 14.7 Å². The summed E-state index contributed by atoms with van der Waals surface area (Å²) < 4.78 is 11.4. The minimum atomic E-state index is -0.306. The van der Waals surface area contributed by atoms with Crippen LogP contribution in [0.5, 0.6) is 5.75 Å². The summed E-state index contributed by atoms with van der Waals surface area (Å²) >= 11 is 0. The molecule has 0 aliphatic heterocycles. The van der Waals surface area contributed by atoms with E-state index in [-0.39, 0.29) is 6.04 Å². The minimum absolute atomic E-state index is 0.306. The molecule has 0 bridgehead atoms. The number of ether oxygens (including phenoxy) is 1. The van der Waals surface area contributed by atoms with Crippen molar-refractivity contribution in [3.8, 4) is 5.75 Å². The number of fused-ring (bicyclic) bond motifs is 1. The van der Waals surface area contributed by atoms with Crippen molar-refractivity contribution in [3.63, 3.8) is 0 Å². The van der Waals surface area contributed by atoms with Crippen molar-refractivity contribution in [3.05, 3.63) is 75.4 Å². The summed E-state index contributed by atoms with van der Waals surface area (Å²) in [6, 6.07) is 14.2. The highest BCUT2D eigenvalue weighted by molar-refractivity contribution is 5.82. The van der Waals surface area contributed by atoms with Gasteiger partial charge in [0.1, 0.15) is 17.1 Å². The first-order valence-electron chi connectivity index (χ1n) is 8.89. The third kappa shape index (κ3) is 4.01. The van der Waals surface area contributed by atoms with E-state index >= 15 is 0 Å². The van der Waals surface area contributed by atoms with Gasteiger partial charge in [-0.25, -0.2) is 0 Å². The third-order valence-corrected chi connectivity index (χ3v) is 4.50. The fourth-order valence-corrected chi connectivity index (χ4v) is 3.10. The van der Waals surface area contributed by atoms with Gasteiger partial charge in [-0.15, -0.1) is 0 Å². The average molecular weight is 349 g/mol. The molecule has 0 aliphatic rings. The fraction of sp³-hybridized carbons (Fsp3) is 0.333. The van der Waals surface area contributed by atoms with Gasteiger partial charge in [0.2, 0.25) is 0 Å². The Bertz CT molecular complexity index is 938. The van der Waals surface area contributed by atoms with Crippen molar-refractivity contribution in [1.82, 2.24) is 0 Å². The molecule has 0 fully saturated rings. The lowest BCUT2D eigenvalue weighted by molar-refractivity contribution is 0.340. The van der Waals surface area contributed by atoms with Gasteiger partial charge < -0.3 is 9.15 Å². The van der Waals surface area contributed by atoms with Crippen LogP contribution < -0.4 is 4.74 Å². The first-order valence-corrected chi connectivity index (χ1v) is 8.89. The highest BCUT2D eigenvalue weighted by atomic mass is 16.5. The molecule has 5 nitrogen and oxygen atoms in total. The van der Waals surface area contributed by atoms with Gasteiger partial charge in [0, 0.05) is 10.3 Å². The second-order valence-electron chi connectivity index (χ2n) is 6.43. The van der Waals surface area contributed by atoms with Gasteiger partial charge in [-0.05, 0) is 80.1 Å². The largest absolute Gasteiger partial charge is 0.494 e. The van der Waals surface area contributed by atoms with Crippen LogP contribution in [0.25, 0.3) is 21.4 Å². The molecule has 134 valence electrons. The molecule has 3 rings (SSSR count). The topological polar surface area (TPSA) is 71.1 Å². The van der Waals surface area contributed by atoms with E-state index in [2.05, 4.69) is 41.2 Å². The van der Waals surface area contributed by atoms with Crippen molar-refractivity contribution in [2.45, 2.75) is 39.7 Å². The molecule has 1 atom stereocenters. The zero-order chi connectivity index (χ0) is 18.5. The molecule has 0 radical (unpaired) electrons. The molecule has 26 heavy (non-hydrogen) atoms. The summed E-state index contributed by atoms with van der Waals surface area (Å²) in [6.07, 6.45) is 1.90. The summed E-state index contributed by atoms with van der Waals surface area (Å²) in [7, 11) is 0. The quantitative estimate of drug-likeness (QED) is 0.285. The number of hydrogen-bond acceptors (Lipinski definition) is 3. The minimum Gasteiger partial charge on any atom is -0.494 e. The Morgan fingerprint density at radius 1 is 1.12 bits per heavy atom. The fourth-order valence-electron chi connectivity index (χ4n) is 3.10. The predicted octanol–water partition coefficient (Wildman–Crippen LogP) is 6.30. The monoisotopic (exact) mass is 349 g/mol. The van der Waals surface area contributed by atoms with Crippen LogP contribution in [0.3, 0.4) is 0 Å². The number of furan rings is 1. The van der Waals surface area contributed by atoms with Gasteiger partial charge in [-0.1, -0.05) is 23.3 Å². The SMILES string of the molecule is CCOc1ccc(CCc2cc(C)c3cc(C(C)N=[N+]=[N-])oc3c2)cc1. The molecule has 0 saturated heterocycles. The lowest BCUT2D eigenvalue weighted by Crippen LogP contribution is -1.94. The van der Waals surface area contributed by atoms with E-state index in [1.165, 1.54) is 16.7 Å². The van der Waals surface area contributed by atoms with Gasteiger partial charge in [0.15, 0.2) is 0 Å². The van der Waals surface area contributed by atoms with Crippen molar-refractivity contribution in [2.75, 3.05) is 6.61 Å². The smallest absolute Gasteiger partial charge is 0.134 e. The van der Waals surface area contributed by atoms with Crippen molar-refractivity contribution in [1.29, 1.82) is 0 Å². The third-order valence-electron chi connectivity index (χ3n) is 4.50. The standard InChI is InChI=1S/C21H23N3O2/c1-4-25-18-9-7-16(8-10-18)5-6-17-11-14(2)19-13-20(15(3)23-24-22)26-21(19)12-17/h7-13,15H,4-6H2,1-3H3. The molecule has 0 amide bonds. The molecule has 0 saturated carbocycles. The molecule has 3 aromatic rings. The van der Waals surface area contributed by atoms with Gasteiger partial charge in [0.05, 0.1) is 12.6 Å². The van der Waals surface area contributed by atoms with Crippen LogP contribution in [0.2, 0.25) is 0 Å². The Morgan fingerprint density at radius 3 is 2.54 bits per heavy atom. The average Bonchev–Trinajstić information content (AvgIpc) is 3.07. The van der Waals surface area contributed by atoms with Gasteiger partial charge in [0.25, 0.3) is 0 Å².